The van der Waals surface area contributed by atoms with Gasteiger partial charge in [0.05, 0.1) is 6.42 Å². The van der Waals surface area contributed by atoms with Crippen LogP contribution in [0.4, 0.5) is 5.69 Å². The van der Waals surface area contributed by atoms with Gasteiger partial charge in [0.2, 0.25) is 11.8 Å². The summed E-state index contributed by atoms with van der Waals surface area (Å²) in [6.07, 6.45) is 6.46. The molecule has 2 heterocycles. The number of rotatable bonds is 12. The van der Waals surface area contributed by atoms with Crippen molar-refractivity contribution in [3.05, 3.63) is 133 Å². The van der Waals surface area contributed by atoms with Crippen LogP contribution in [0.5, 0.6) is 0 Å². The zero-order chi connectivity index (χ0) is 35.0. The molecule has 0 spiro atoms. The summed E-state index contributed by atoms with van der Waals surface area (Å²) >= 11 is 0. The van der Waals surface area contributed by atoms with Crippen LogP contribution in [0.3, 0.4) is 0 Å². The second kappa shape index (κ2) is 15.4. The fourth-order valence-corrected chi connectivity index (χ4v) is 5.38. The van der Waals surface area contributed by atoms with Crippen LogP contribution in [-0.2, 0) is 25.7 Å². The van der Waals surface area contributed by atoms with E-state index >= 15 is 0 Å². The number of aromatic nitrogens is 2. The van der Waals surface area contributed by atoms with Crippen molar-refractivity contribution >= 4 is 29.3 Å². The number of pyridine rings is 1. The average molecular weight is 657 g/mol. The predicted octanol–water partition coefficient (Wildman–Crippen LogP) is 7.26. The second-order valence-corrected chi connectivity index (χ2v) is 13.0. The van der Waals surface area contributed by atoms with Crippen molar-refractivity contribution in [1.82, 2.24) is 14.9 Å². The van der Waals surface area contributed by atoms with Gasteiger partial charge in [-0.3, -0.25) is 24.2 Å². The van der Waals surface area contributed by atoms with Gasteiger partial charge in [0.1, 0.15) is 18.7 Å². The number of hydrogen-bond acceptors (Lipinski definition) is 6. The third-order valence-electron chi connectivity index (χ3n) is 8.19. The monoisotopic (exact) mass is 656 g/mol. The van der Waals surface area contributed by atoms with Crippen LogP contribution in [0.2, 0.25) is 0 Å². The number of carbonyl (C=O) groups excluding carboxylic acids is 4. The highest BCUT2D eigenvalue weighted by Gasteiger charge is 2.36. The zero-order valence-electron chi connectivity index (χ0n) is 28.1. The van der Waals surface area contributed by atoms with Crippen molar-refractivity contribution in [2.75, 3.05) is 5.32 Å². The zero-order valence-corrected chi connectivity index (χ0v) is 28.1. The Morgan fingerprint density at radius 3 is 1.94 bits per heavy atom. The number of nitrogens with one attached hydrogen (secondary N) is 2. The van der Waals surface area contributed by atoms with E-state index in [2.05, 4.69) is 15.6 Å². The third-order valence-corrected chi connectivity index (χ3v) is 8.19. The smallest absolute Gasteiger partial charge is 0.308 e. The number of Topliss-reactive ketones (excluding diaryl/α,β-unsaturated/α-hetero) is 1. The molecule has 3 aromatic carbocycles. The molecular formula is C40H40N4O5. The molecule has 250 valence electrons. The van der Waals surface area contributed by atoms with E-state index in [-0.39, 0.29) is 24.7 Å². The molecule has 0 saturated carbocycles. The molecule has 2 N–H and O–H groups in total. The first kappa shape index (κ1) is 34.5. The summed E-state index contributed by atoms with van der Waals surface area (Å²) in [5.41, 5.74) is 5.14. The van der Waals surface area contributed by atoms with Crippen LogP contribution in [0.15, 0.2) is 122 Å². The van der Waals surface area contributed by atoms with Crippen LogP contribution in [0.1, 0.15) is 56.1 Å². The number of amides is 2. The Bertz CT molecular complexity index is 1890. The predicted molar refractivity (Wildman–Crippen MR) is 189 cm³/mol. The molecule has 2 atom stereocenters. The largest absolute Gasteiger partial charge is 0.461 e. The number of esters is 1. The maximum atomic E-state index is 14.0. The molecule has 0 bridgehead atoms. The summed E-state index contributed by atoms with van der Waals surface area (Å²) in [5, 5.41) is 5.78. The normalized spacial score (nSPS) is 12.4. The van der Waals surface area contributed by atoms with E-state index in [1.54, 1.807) is 42.2 Å². The quantitative estimate of drug-likeness (QED) is 0.108. The van der Waals surface area contributed by atoms with Crippen LogP contribution in [0, 0.1) is 5.41 Å². The number of anilines is 1. The number of ketones is 1. The van der Waals surface area contributed by atoms with E-state index in [4.69, 9.17) is 4.74 Å². The lowest BCUT2D eigenvalue weighted by atomic mass is 9.85. The lowest BCUT2D eigenvalue weighted by Crippen LogP contribution is -2.53. The fraction of sp³-hybridized carbons (Fsp3) is 0.225. The van der Waals surface area contributed by atoms with Gasteiger partial charge in [0, 0.05) is 36.0 Å². The number of benzene rings is 3. The Morgan fingerprint density at radius 1 is 0.755 bits per heavy atom. The van der Waals surface area contributed by atoms with Gasteiger partial charge in [-0.05, 0) is 58.4 Å². The summed E-state index contributed by atoms with van der Waals surface area (Å²) in [4.78, 5) is 56.3. The van der Waals surface area contributed by atoms with Crippen molar-refractivity contribution in [3.8, 4) is 22.3 Å². The van der Waals surface area contributed by atoms with E-state index in [1.807, 2.05) is 112 Å². The first-order chi connectivity index (χ1) is 23.5. The fourth-order valence-electron chi connectivity index (χ4n) is 5.38. The van der Waals surface area contributed by atoms with E-state index in [0.717, 1.165) is 27.8 Å². The highest BCUT2D eigenvalue weighted by Crippen LogP contribution is 2.28. The molecule has 0 aliphatic carbocycles. The summed E-state index contributed by atoms with van der Waals surface area (Å²) in [7, 11) is 0. The Balaban J connectivity index is 1.37. The Kier molecular flexibility index (Phi) is 10.8. The van der Waals surface area contributed by atoms with Gasteiger partial charge in [-0.2, -0.15) is 0 Å². The van der Waals surface area contributed by atoms with Gasteiger partial charge < -0.3 is 19.9 Å². The second-order valence-electron chi connectivity index (χ2n) is 13.0. The van der Waals surface area contributed by atoms with Gasteiger partial charge in [-0.25, -0.2) is 0 Å². The molecule has 0 saturated heterocycles. The molecule has 0 radical (unpaired) electrons. The Hall–Kier alpha value is -5.83. The summed E-state index contributed by atoms with van der Waals surface area (Å²) in [6, 6.07) is 28.1. The molecule has 9 nitrogen and oxygen atoms in total. The van der Waals surface area contributed by atoms with Crippen molar-refractivity contribution in [2.45, 2.75) is 52.8 Å². The minimum absolute atomic E-state index is 0.0185. The first-order valence-electron chi connectivity index (χ1n) is 16.1. The molecule has 0 aliphatic heterocycles. The molecule has 2 aromatic heterocycles. The maximum absolute atomic E-state index is 14.0. The molecule has 2 amide bonds. The number of hydrogen-bond donors (Lipinski definition) is 2. The number of carbonyl (C=O) groups is 4. The summed E-state index contributed by atoms with van der Waals surface area (Å²) in [6.45, 7) is 7.21. The average Bonchev–Trinajstić information content (AvgIpc) is 3.59. The van der Waals surface area contributed by atoms with E-state index in [0.29, 0.717) is 11.3 Å². The lowest BCUT2D eigenvalue weighted by molar-refractivity contribution is -0.148. The van der Waals surface area contributed by atoms with Gasteiger partial charge in [-0.1, -0.05) is 99.6 Å². The summed E-state index contributed by atoms with van der Waals surface area (Å²) in [5.74, 6) is -1.41. The van der Waals surface area contributed by atoms with Gasteiger partial charge >= 0.3 is 5.97 Å². The topological polar surface area (TPSA) is 119 Å². The van der Waals surface area contributed by atoms with Gasteiger partial charge in [0.25, 0.3) is 0 Å². The standard InChI is InChI=1S/C40H40N4O5/c1-27(45)29-10-12-30(13-11-29)31-14-16-32(17-15-31)33-20-23-44(25-33)35(24-36(46)49-26-28-8-6-5-7-9-28)38(47)43-37(40(2,3)4)39(48)42-34-18-21-41-22-19-34/h5-23,25,35,37H,24,26H2,1-4H3,(H,43,47)(H,41,42,48)/t35-,37-/m1/s1. The van der Waals surface area contributed by atoms with Gasteiger partial charge in [0.15, 0.2) is 5.78 Å². The SMILES string of the molecule is CC(=O)c1ccc(-c2ccc(-c3ccn([C@H](CC(=O)OCc4ccccc4)C(=O)N[C@H](C(=O)Nc4ccncc4)C(C)(C)C)c3)cc2)cc1. The first-order valence-corrected chi connectivity index (χ1v) is 16.1. The molecular weight excluding hydrogens is 616 g/mol. The highest BCUT2D eigenvalue weighted by atomic mass is 16.5. The van der Waals surface area contributed by atoms with Crippen LogP contribution in [0.25, 0.3) is 22.3 Å². The minimum Gasteiger partial charge on any atom is -0.461 e. The molecule has 5 rings (SSSR count). The van der Waals surface area contributed by atoms with Crippen LogP contribution < -0.4 is 10.6 Å². The van der Waals surface area contributed by atoms with Crippen molar-refractivity contribution in [1.29, 1.82) is 0 Å². The molecule has 5 aromatic rings. The number of ether oxygens (including phenoxy) is 1. The molecule has 49 heavy (non-hydrogen) atoms. The summed E-state index contributed by atoms with van der Waals surface area (Å²) < 4.78 is 7.24. The van der Waals surface area contributed by atoms with Gasteiger partial charge in [-0.15, -0.1) is 0 Å². The highest BCUT2D eigenvalue weighted by molar-refractivity contribution is 5.98. The molecule has 0 fully saturated rings. The molecule has 9 heteroatoms. The van der Waals surface area contributed by atoms with Crippen molar-refractivity contribution in [3.63, 3.8) is 0 Å². The van der Waals surface area contributed by atoms with Crippen LogP contribution >= 0.6 is 0 Å². The van der Waals surface area contributed by atoms with E-state index < -0.39 is 29.4 Å². The Labute approximate surface area is 286 Å². The van der Waals surface area contributed by atoms with Crippen molar-refractivity contribution in [2.24, 2.45) is 5.41 Å². The van der Waals surface area contributed by atoms with Crippen LogP contribution in [-0.4, -0.2) is 39.2 Å². The van der Waals surface area contributed by atoms with E-state index in [1.165, 1.54) is 0 Å². The minimum atomic E-state index is -0.991. The third kappa shape index (κ3) is 9.16. The van der Waals surface area contributed by atoms with Crippen molar-refractivity contribution < 1.29 is 23.9 Å². The molecule has 0 aliphatic rings. The maximum Gasteiger partial charge on any atom is 0.308 e. The number of nitrogens with zero attached hydrogens (tertiary/aromatic N) is 2. The molecule has 0 unspecified atom stereocenters. The Morgan fingerprint density at radius 2 is 1.35 bits per heavy atom. The lowest BCUT2D eigenvalue weighted by Gasteiger charge is -2.32. The van der Waals surface area contributed by atoms with E-state index in [9.17, 15) is 19.2 Å².